The minimum Gasteiger partial charge on any atom is -0.618 e. The van der Waals surface area contributed by atoms with Crippen molar-refractivity contribution >= 4 is 67.4 Å². The number of carbonyl (C=O) groups excluding carboxylic acids is 1. The molecule has 13 heteroatoms. The van der Waals surface area contributed by atoms with Gasteiger partial charge in [0.15, 0.2) is 12.0 Å². The van der Waals surface area contributed by atoms with Gasteiger partial charge in [0.05, 0.1) is 37.1 Å². The van der Waals surface area contributed by atoms with E-state index in [2.05, 4.69) is 4.98 Å². The van der Waals surface area contributed by atoms with Gasteiger partial charge in [-0.2, -0.15) is 31.1 Å². The lowest BCUT2D eigenvalue weighted by molar-refractivity contribution is -0.577. The second-order valence-corrected chi connectivity index (χ2v) is 10.8. The summed E-state index contributed by atoms with van der Waals surface area (Å²) in [6.45, 7) is 2.01. The second-order valence-electron chi connectivity index (χ2n) is 9.54. The highest BCUT2D eigenvalue weighted by Crippen LogP contribution is 2.33. The monoisotopic (exact) mass is 670 g/mol. The predicted molar refractivity (Wildman–Crippen MR) is 158 cm³/mol. The van der Waals surface area contributed by atoms with E-state index in [0.717, 1.165) is 47.2 Å². The molecule has 0 radical (unpaired) electrons. The number of aryl methyl sites for hydroxylation is 1. The minimum absolute atomic E-state index is 0.0862. The van der Waals surface area contributed by atoms with E-state index in [1.54, 1.807) is 0 Å². The number of carbonyl (C=O) groups is 1. The third-order valence-electron chi connectivity index (χ3n) is 6.36. The normalized spacial score (nSPS) is 13.0. The van der Waals surface area contributed by atoms with Gasteiger partial charge in [0.2, 0.25) is 5.52 Å². The average molecular weight is 672 g/mol. The molecule has 3 aromatic carbocycles. The molecule has 1 aliphatic carbocycles. The van der Waals surface area contributed by atoms with E-state index in [1.807, 2.05) is 25.1 Å². The molecule has 44 heavy (non-hydrogen) atoms. The molecule has 0 saturated carbocycles. The molecule has 0 aliphatic heterocycles. The zero-order chi connectivity index (χ0) is 32.4. The predicted octanol–water partition coefficient (Wildman–Crippen LogP) is 9.75. The molecular weight excluding hydrogens is 653 g/mol. The van der Waals surface area contributed by atoms with Crippen LogP contribution in [0.3, 0.4) is 0 Å². The van der Waals surface area contributed by atoms with Gasteiger partial charge in [-0.05, 0) is 48.4 Å². The van der Waals surface area contributed by atoms with Gasteiger partial charge in [0.25, 0.3) is 0 Å². The van der Waals surface area contributed by atoms with Crippen molar-refractivity contribution in [2.45, 2.75) is 25.7 Å². The summed E-state index contributed by atoms with van der Waals surface area (Å²) in [5.41, 5.74) is 1.76. The van der Waals surface area contributed by atoms with Crippen LogP contribution in [0.25, 0.3) is 26.8 Å². The summed E-state index contributed by atoms with van der Waals surface area (Å²) in [7, 11) is 0. The van der Waals surface area contributed by atoms with Crippen LogP contribution in [0, 0.1) is 12.1 Å². The molecule has 2 aromatic heterocycles. The third kappa shape index (κ3) is 7.80. The Labute approximate surface area is 261 Å². The molecule has 0 fully saturated rings. The van der Waals surface area contributed by atoms with Crippen molar-refractivity contribution in [1.82, 2.24) is 4.98 Å². The fourth-order valence-corrected chi connectivity index (χ4v) is 4.98. The molecule has 0 saturated heterocycles. The molecule has 0 spiro atoms. The van der Waals surface area contributed by atoms with Crippen LogP contribution in [0.5, 0.6) is 0 Å². The van der Waals surface area contributed by atoms with Crippen LogP contribution < -0.4 is 4.73 Å². The third-order valence-corrected chi connectivity index (χ3v) is 7.34. The first-order valence-corrected chi connectivity index (χ1v) is 13.7. The lowest BCUT2D eigenvalue weighted by Crippen LogP contribution is -2.26. The molecule has 5 aromatic rings. The summed E-state index contributed by atoms with van der Waals surface area (Å²) in [5, 5.41) is 13.3. The zero-order valence-corrected chi connectivity index (χ0v) is 24.7. The molecule has 6 rings (SSSR count). The first kappa shape index (κ1) is 33.0. The van der Waals surface area contributed by atoms with Crippen LogP contribution in [-0.4, -0.2) is 10.8 Å². The van der Waals surface area contributed by atoms with Gasteiger partial charge in [0.1, 0.15) is 0 Å². The number of aromatic nitrogens is 2. The standard InChI is InChI=1S/C11H9ClO.C10H5ClF3NO.C10H5ClF3N/c1-7-2-3-10-8(4-7)5-9(13)6-11(10)12;11-8-3-4-15(16)9-5-6(10(12,13)14)1-2-7(8)9;11-8-3-4-15-9-5-6(10(12,13)14)1-2-7(8)9/h2-4,6H,5H2,1H3;1-5H;1-5H. The van der Waals surface area contributed by atoms with Crippen molar-refractivity contribution in [3.05, 3.63) is 128 Å². The summed E-state index contributed by atoms with van der Waals surface area (Å²) in [5.74, 6) is 0.0862. The summed E-state index contributed by atoms with van der Waals surface area (Å²) in [6.07, 6.45) is -4.39. The van der Waals surface area contributed by atoms with Crippen LogP contribution in [0.2, 0.25) is 10.0 Å². The first-order chi connectivity index (χ1) is 20.5. The molecule has 0 bridgehead atoms. The van der Waals surface area contributed by atoms with Crippen LogP contribution in [-0.2, 0) is 23.6 Å². The summed E-state index contributed by atoms with van der Waals surface area (Å²) >= 11 is 17.5. The van der Waals surface area contributed by atoms with Crippen molar-refractivity contribution in [2.24, 2.45) is 0 Å². The highest BCUT2D eigenvalue weighted by molar-refractivity contribution is 6.50. The first-order valence-electron chi connectivity index (χ1n) is 12.5. The van der Waals surface area contributed by atoms with Crippen LogP contribution in [0.4, 0.5) is 26.3 Å². The Morgan fingerprint density at radius 3 is 2.07 bits per heavy atom. The topological polar surface area (TPSA) is 56.9 Å². The number of halogens is 9. The Morgan fingerprint density at radius 2 is 1.41 bits per heavy atom. The molecule has 1 aliphatic rings. The molecular formula is C31H19Cl3F6N2O2. The SMILES string of the molecule is Cc1ccc2c(c1)CC(=O)C=C2Cl.FC(F)(F)c1ccc2c(Cl)ccnc2c1.[O-][n+]1ccc(Cl)c2ccc(C(F)(F)F)cc21. The number of alkyl halides is 6. The Balaban J connectivity index is 0.000000151. The molecule has 2 heterocycles. The van der Waals surface area contributed by atoms with E-state index in [1.165, 1.54) is 36.5 Å². The Morgan fingerprint density at radius 1 is 0.795 bits per heavy atom. The number of pyridine rings is 2. The van der Waals surface area contributed by atoms with Crippen molar-refractivity contribution in [3.63, 3.8) is 0 Å². The Bertz CT molecular complexity index is 1910. The molecule has 0 N–H and O–H groups in total. The van der Waals surface area contributed by atoms with E-state index >= 15 is 0 Å². The van der Waals surface area contributed by atoms with Crippen LogP contribution >= 0.6 is 34.8 Å². The lowest BCUT2D eigenvalue weighted by Gasteiger charge is -2.12. The van der Waals surface area contributed by atoms with Crippen molar-refractivity contribution in [3.8, 4) is 0 Å². The summed E-state index contributed by atoms with van der Waals surface area (Å²) in [6, 6.07) is 15.0. The average Bonchev–Trinajstić information content (AvgIpc) is 2.94. The van der Waals surface area contributed by atoms with Crippen molar-refractivity contribution in [2.75, 3.05) is 0 Å². The largest absolute Gasteiger partial charge is 0.618 e. The fourth-order valence-electron chi connectivity index (χ4n) is 4.24. The summed E-state index contributed by atoms with van der Waals surface area (Å²) < 4.78 is 74.6. The molecule has 228 valence electrons. The number of ketones is 1. The summed E-state index contributed by atoms with van der Waals surface area (Å²) in [4.78, 5) is 15.0. The van der Waals surface area contributed by atoms with E-state index < -0.39 is 23.5 Å². The van der Waals surface area contributed by atoms with Crippen LogP contribution in [0.15, 0.2) is 85.2 Å². The highest BCUT2D eigenvalue weighted by Gasteiger charge is 2.32. The maximum atomic E-state index is 12.4. The molecule has 0 amide bonds. The van der Waals surface area contributed by atoms with E-state index in [0.29, 0.717) is 32.0 Å². The Hall–Kier alpha value is -3.86. The Kier molecular flexibility index (Phi) is 9.77. The van der Waals surface area contributed by atoms with E-state index in [4.69, 9.17) is 34.8 Å². The number of benzene rings is 3. The maximum absolute atomic E-state index is 12.4. The van der Waals surface area contributed by atoms with Gasteiger partial charge in [-0.3, -0.25) is 9.78 Å². The number of rotatable bonds is 0. The van der Waals surface area contributed by atoms with Gasteiger partial charge < -0.3 is 5.21 Å². The van der Waals surface area contributed by atoms with Gasteiger partial charge in [-0.1, -0.05) is 64.6 Å². The van der Waals surface area contributed by atoms with E-state index in [-0.39, 0.29) is 21.8 Å². The molecule has 4 nitrogen and oxygen atoms in total. The smallest absolute Gasteiger partial charge is 0.416 e. The lowest BCUT2D eigenvalue weighted by atomic mass is 9.95. The fraction of sp³-hybridized carbons (Fsp3) is 0.129. The number of allylic oxidation sites excluding steroid dienone is 1. The van der Waals surface area contributed by atoms with Crippen molar-refractivity contribution in [1.29, 1.82) is 0 Å². The number of nitrogens with zero attached hydrogens (tertiary/aromatic N) is 2. The maximum Gasteiger partial charge on any atom is 0.416 e. The van der Waals surface area contributed by atoms with Gasteiger partial charge in [0, 0.05) is 36.2 Å². The van der Waals surface area contributed by atoms with Gasteiger partial charge >= 0.3 is 12.4 Å². The molecule has 0 atom stereocenters. The van der Waals surface area contributed by atoms with Crippen LogP contribution in [0.1, 0.15) is 27.8 Å². The minimum atomic E-state index is -4.47. The number of hydrogen-bond acceptors (Lipinski definition) is 3. The van der Waals surface area contributed by atoms with Crippen molar-refractivity contribution < 1.29 is 35.9 Å². The quantitative estimate of drug-likeness (QED) is 0.0936. The second kappa shape index (κ2) is 13.0. The molecule has 0 unspecified atom stereocenters. The van der Waals surface area contributed by atoms with E-state index in [9.17, 15) is 36.3 Å². The number of hydrogen-bond donors (Lipinski definition) is 0. The zero-order valence-electron chi connectivity index (χ0n) is 22.4. The highest BCUT2D eigenvalue weighted by atomic mass is 35.5. The van der Waals surface area contributed by atoms with Gasteiger partial charge in [-0.25, -0.2) is 0 Å². The number of fused-ring (bicyclic) bond motifs is 3. The van der Waals surface area contributed by atoms with Gasteiger partial charge in [-0.15, -0.1) is 0 Å².